The highest BCUT2D eigenvalue weighted by molar-refractivity contribution is 5.96. The number of carbonyl (C=O) groups is 2. The van der Waals surface area contributed by atoms with Crippen molar-refractivity contribution in [2.24, 2.45) is 5.92 Å². The first-order chi connectivity index (χ1) is 13.9. The number of amides is 2. The van der Waals surface area contributed by atoms with E-state index in [9.17, 15) is 9.59 Å². The lowest BCUT2D eigenvalue weighted by atomic mass is 9.83. The van der Waals surface area contributed by atoms with Gasteiger partial charge < -0.3 is 26.1 Å². The fraction of sp³-hybridized carbons (Fsp3) is 0.381. The van der Waals surface area contributed by atoms with E-state index < -0.39 is 11.9 Å². The maximum atomic E-state index is 12.6. The van der Waals surface area contributed by atoms with Gasteiger partial charge in [-0.1, -0.05) is 32.4 Å². The second-order valence-corrected chi connectivity index (χ2v) is 7.27. The molecule has 29 heavy (non-hydrogen) atoms. The van der Waals surface area contributed by atoms with Gasteiger partial charge in [-0.15, -0.1) is 0 Å². The molecule has 1 saturated carbocycles. The molecule has 3 rings (SSSR count). The molecule has 1 atom stereocenters. The Morgan fingerprint density at radius 2 is 2.00 bits per heavy atom. The topological polar surface area (TPSA) is 122 Å². The zero-order chi connectivity index (χ0) is 21.0. The van der Waals surface area contributed by atoms with E-state index >= 15 is 0 Å². The molecule has 1 aromatic heterocycles. The molecule has 1 fully saturated rings. The number of aromatic amines is 1. The number of hydrogen-bond donors (Lipinski definition) is 4. The lowest BCUT2D eigenvalue weighted by molar-refractivity contribution is -0.129. The number of likely N-dealkylation sites (N-methyl/N-ethyl adjacent to an activating group) is 1. The number of anilines is 1. The highest BCUT2D eigenvalue weighted by atomic mass is 16.5. The Labute approximate surface area is 169 Å². The maximum absolute atomic E-state index is 12.6. The Kier molecular flexibility index (Phi) is 6.21. The lowest BCUT2D eigenvalue weighted by Crippen LogP contribution is -2.51. The van der Waals surface area contributed by atoms with Crippen LogP contribution in [0.3, 0.4) is 0 Å². The SMILES string of the molecule is C=C(OC(=C)c1ccc2nc(N)[nH]c2c1)C(=O)N[C@H](C(=O)NC)C1CCCCC1. The molecule has 8 nitrogen and oxygen atoms in total. The molecule has 1 heterocycles. The van der Waals surface area contributed by atoms with Gasteiger partial charge in [0.25, 0.3) is 5.91 Å². The molecule has 0 bridgehead atoms. The number of rotatable bonds is 7. The number of nitrogens with zero attached hydrogens (tertiary/aromatic N) is 1. The van der Waals surface area contributed by atoms with Gasteiger partial charge in [-0.25, -0.2) is 4.98 Å². The summed E-state index contributed by atoms with van der Waals surface area (Å²) in [5, 5.41) is 5.41. The molecule has 154 valence electrons. The van der Waals surface area contributed by atoms with E-state index in [4.69, 9.17) is 10.5 Å². The molecule has 8 heteroatoms. The summed E-state index contributed by atoms with van der Waals surface area (Å²) in [5.41, 5.74) is 7.77. The number of hydrogen-bond acceptors (Lipinski definition) is 5. The van der Waals surface area contributed by atoms with Crippen molar-refractivity contribution in [1.29, 1.82) is 0 Å². The van der Waals surface area contributed by atoms with Crippen LogP contribution < -0.4 is 16.4 Å². The van der Waals surface area contributed by atoms with Gasteiger partial charge in [-0.2, -0.15) is 0 Å². The van der Waals surface area contributed by atoms with Crippen molar-refractivity contribution in [2.75, 3.05) is 12.8 Å². The van der Waals surface area contributed by atoms with Gasteiger partial charge in [0.1, 0.15) is 11.8 Å². The summed E-state index contributed by atoms with van der Waals surface area (Å²) in [6.07, 6.45) is 5.09. The molecule has 0 spiro atoms. The van der Waals surface area contributed by atoms with E-state index in [-0.39, 0.29) is 23.3 Å². The number of ether oxygens (including phenoxy) is 1. The van der Waals surface area contributed by atoms with Gasteiger partial charge in [0, 0.05) is 12.6 Å². The van der Waals surface area contributed by atoms with Crippen molar-refractivity contribution in [2.45, 2.75) is 38.1 Å². The van der Waals surface area contributed by atoms with Crippen LogP contribution in [0.25, 0.3) is 16.8 Å². The summed E-state index contributed by atoms with van der Waals surface area (Å²) >= 11 is 0. The first kappa shape index (κ1) is 20.4. The third kappa shape index (κ3) is 4.77. The van der Waals surface area contributed by atoms with Gasteiger partial charge in [-0.05, 0) is 37.0 Å². The summed E-state index contributed by atoms with van der Waals surface area (Å²) < 4.78 is 5.56. The smallest absolute Gasteiger partial charge is 0.287 e. The molecule has 0 unspecified atom stereocenters. The van der Waals surface area contributed by atoms with Crippen LogP contribution in [0, 0.1) is 5.92 Å². The van der Waals surface area contributed by atoms with Crippen LogP contribution in [0.4, 0.5) is 5.95 Å². The van der Waals surface area contributed by atoms with Crippen LogP contribution in [0.1, 0.15) is 37.7 Å². The van der Waals surface area contributed by atoms with Gasteiger partial charge in [0.05, 0.1) is 11.0 Å². The Balaban J connectivity index is 1.65. The number of fused-ring (bicyclic) bond motifs is 1. The summed E-state index contributed by atoms with van der Waals surface area (Å²) in [4.78, 5) is 32.0. The fourth-order valence-electron chi connectivity index (χ4n) is 3.70. The molecule has 0 radical (unpaired) electrons. The second-order valence-electron chi connectivity index (χ2n) is 7.27. The quantitative estimate of drug-likeness (QED) is 0.422. The summed E-state index contributed by atoms with van der Waals surface area (Å²) in [7, 11) is 1.57. The zero-order valence-corrected chi connectivity index (χ0v) is 16.6. The number of aromatic nitrogens is 2. The minimum absolute atomic E-state index is 0.108. The second kappa shape index (κ2) is 8.81. The zero-order valence-electron chi connectivity index (χ0n) is 16.6. The van der Waals surface area contributed by atoms with Crippen LogP contribution in [0.2, 0.25) is 0 Å². The number of H-pyrrole nitrogens is 1. The predicted octanol–water partition coefficient (Wildman–Crippen LogP) is 2.46. The number of nitrogens with two attached hydrogens (primary N) is 1. The molecule has 1 aliphatic carbocycles. The van der Waals surface area contributed by atoms with Crippen molar-refractivity contribution in [3.63, 3.8) is 0 Å². The van der Waals surface area contributed by atoms with E-state index in [0.29, 0.717) is 11.5 Å². The van der Waals surface area contributed by atoms with Crippen molar-refractivity contribution in [1.82, 2.24) is 20.6 Å². The Morgan fingerprint density at radius 3 is 2.69 bits per heavy atom. The third-order valence-corrected chi connectivity index (χ3v) is 5.26. The van der Waals surface area contributed by atoms with Gasteiger partial charge in [0.2, 0.25) is 5.91 Å². The number of benzene rings is 1. The molecule has 0 saturated heterocycles. The Morgan fingerprint density at radius 1 is 1.28 bits per heavy atom. The standard InChI is InChI=1S/C21H27N5O3/c1-12(15-9-10-16-17(11-15)25-21(22)24-16)29-13(2)19(27)26-18(20(28)23-3)14-7-5-4-6-8-14/h9-11,14,18H,1-2,4-8H2,3H3,(H,23,28)(H,26,27)(H3,22,24,25)/t18-/m0/s1. The van der Waals surface area contributed by atoms with E-state index in [1.54, 1.807) is 25.2 Å². The van der Waals surface area contributed by atoms with Crippen molar-refractivity contribution >= 4 is 34.6 Å². The minimum atomic E-state index is -0.606. The van der Waals surface area contributed by atoms with E-state index in [2.05, 4.69) is 33.8 Å². The molecular formula is C21H27N5O3. The van der Waals surface area contributed by atoms with E-state index in [1.807, 2.05) is 0 Å². The Bertz CT molecular complexity index is 943. The fourth-order valence-corrected chi connectivity index (χ4v) is 3.70. The first-order valence-corrected chi connectivity index (χ1v) is 9.72. The average Bonchev–Trinajstić information content (AvgIpc) is 3.10. The number of carbonyl (C=O) groups excluding carboxylic acids is 2. The number of nitrogen functional groups attached to an aromatic ring is 1. The molecule has 0 aliphatic heterocycles. The van der Waals surface area contributed by atoms with Crippen LogP contribution in [0.5, 0.6) is 0 Å². The monoisotopic (exact) mass is 397 g/mol. The van der Waals surface area contributed by atoms with E-state index in [1.165, 1.54) is 0 Å². The number of nitrogens with one attached hydrogen (secondary N) is 3. The maximum Gasteiger partial charge on any atom is 0.287 e. The van der Waals surface area contributed by atoms with Crippen molar-refractivity contribution in [3.8, 4) is 0 Å². The minimum Gasteiger partial charge on any atom is -0.452 e. The first-order valence-electron chi connectivity index (χ1n) is 9.72. The average molecular weight is 397 g/mol. The van der Waals surface area contributed by atoms with Gasteiger partial charge >= 0.3 is 0 Å². The van der Waals surface area contributed by atoms with Crippen LogP contribution in [-0.2, 0) is 14.3 Å². The Hall–Kier alpha value is -3.29. The largest absolute Gasteiger partial charge is 0.452 e. The third-order valence-electron chi connectivity index (χ3n) is 5.26. The summed E-state index contributed by atoms with van der Waals surface area (Å²) in [6, 6.07) is 4.72. The van der Waals surface area contributed by atoms with Crippen molar-refractivity contribution < 1.29 is 14.3 Å². The summed E-state index contributed by atoms with van der Waals surface area (Å²) in [6.45, 7) is 7.58. The summed E-state index contributed by atoms with van der Waals surface area (Å²) in [5.74, 6) is -0.179. The van der Waals surface area contributed by atoms with Gasteiger partial charge in [-0.3, -0.25) is 9.59 Å². The lowest BCUT2D eigenvalue weighted by Gasteiger charge is -2.29. The predicted molar refractivity (Wildman–Crippen MR) is 112 cm³/mol. The molecule has 5 N–H and O–H groups in total. The van der Waals surface area contributed by atoms with E-state index in [0.717, 1.165) is 43.1 Å². The molecule has 1 aromatic carbocycles. The molecular weight excluding hydrogens is 370 g/mol. The normalized spacial score (nSPS) is 15.5. The molecule has 2 amide bonds. The highest BCUT2D eigenvalue weighted by Crippen LogP contribution is 2.27. The number of imidazole rings is 1. The van der Waals surface area contributed by atoms with Gasteiger partial charge in [0.15, 0.2) is 11.7 Å². The van der Waals surface area contributed by atoms with Crippen LogP contribution in [0.15, 0.2) is 37.1 Å². The molecule has 1 aliphatic rings. The van der Waals surface area contributed by atoms with Crippen LogP contribution in [-0.4, -0.2) is 34.9 Å². The van der Waals surface area contributed by atoms with Crippen molar-refractivity contribution in [3.05, 3.63) is 42.7 Å². The molecule has 2 aromatic rings. The highest BCUT2D eigenvalue weighted by Gasteiger charge is 2.31. The van der Waals surface area contributed by atoms with Crippen LogP contribution >= 0.6 is 0 Å².